The van der Waals surface area contributed by atoms with Gasteiger partial charge in [0.2, 0.25) is 5.91 Å². The maximum absolute atomic E-state index is 11.6. The minimum Gasteiger partial charge on any atom is -0.370 e. The van der Waals surface area contributed by atoms with Crippen LogP contribution in [-0.4, -0.2) is 15.7 Å². The third-order valence-electron chi connectivity index (χ3n) is 2.83. The fourth-order valence-electron chi connectivity index (χ4n) is 1.77. The van der Waals surface area contributed by atoms with E-state index in [1.54, 1.807) is 35.3 Å². The summed E-state index contributed by atoms with van der Waals surface area (Å²) in [4.78, 5) is 11.6. The number of amides is 1. The van der Waals surface area contributed by atoms with Crippen molar-refractivity contribution in [1.82, 2.24) is 9.78 Å². The van der Waals surface area contributed by atoms with E-state index >= 15 is 0 Å². The van der Waals surface area contributed by atoms with Crippen molar-refractivity contribution in [3.8, 4) is 0 Å². The van der Waals surface area contributed by atoms with E-state index in [2.05, 4.69) is 26.3 Å². The molecule has 0 aliphatic carbocycles. The molecule has 1 atom stereocenters. The number of carbonyl (C=O) groups is 1. The Bertz CT molecular complexity index is 629. The zero-order valence-corrected chi connectivity index (χ0v) is 13.1. The van der Waals surface area contributed by atoms with Gasteiger partial charge in [0, 0.05) is 28.5 Å². The van der Waals surface area contributed by atoms with E-state index in [0.29, 0.717) is 5.02 Å². The van der Waals surface area contributed by atoms with Crippen LogP contribution in [0, 0.1) is 0 Å². The van der Waals surface area contributed by atoms with E-state index in [4.69, 9.17) is 17.3 Å². The molecule has 20 heavy (non-hydrogen) atoms. The van der Waals surface area contributed by atoms with E-state index in [9.17, 15) is 4.79 Å². The van der Waals surface area contributed by atoms with Gasteiger partial charge in [-0.1, -0.05) is 11.6 Å². The van der Waals surface area contributed by atoms with Crippen LogP contribution in [0.4, 0.5) is 5.69 Å². The van der Waals surface area contributed by atoms with E-state index in [1.165, 1.54) is 0 Å². The Labute approximate surface area is 130 Å². The fourth-order valence-corrected chi connectivity index (χ4v) is 2.27. The molecule has 7 heteroatoms. The molecule has 5 nitrogen and oxygen atoms in total. The summed E-state index contributed by atoms with van der Waals surface area (Å²) in [6.07, 6.45) is 3.43. The molecule has 1 amide bonds. The molecule has 0 radical (unpaired) electrons. The standard InChI is InChI=1S/C13H14BrClN4O/c1-2-19-7-8(6-17-19)12(13(16)20)18-9-3-4-11(15)10(14)5-9/h3-7,12,18H,2H2,1H3,(H2,16,20). The molecule has 1 aromatic carbocycles. The van der Waals surface area contributed by atoms with Gasteiger partial charge in [-0.2, -0.15) is 5.10 Å². The van der Waals surface area contributed by atoms with Gasteiger partial charge in [-0.25, -0.2) is 0 Å². The van der Waals surface area contributed by atoms with Crippen molar-refractivity contribution >= 4 is 39.1 Å². The van der Waals surface area contributed by atoms with Gasteiger partial charge in [0.15, 0.2) is 0 Å². The zero-order chi connectivity index (χ0) is 14.7. The first-order valence-electron chi connectivity index (χ1n) is 6.04. The molecular formula is C13H14BrClN4O. The molecule has 3 N–H and O–H groups in total. The summed E-state index contributed by atoms with van der Waals surface area (Å²) in [7, 11) is 0. The van der Waals surface area contributed by atoms with E-state index < -0.39 is 11.9 Å². The molecule has 106 valence electrons. The summed E-state index contributed by atoms with van der Waals surface area (Å²) in [5.41, 5.74) is 6.93. The van der Waals surface area contributed by atoms with Crippen molar-refractivity contribution in [2.75, 3.05) is 5.32 Å². The van der Waals surface area contributed by atoms with Crippen molar-refractivity contribution in [2.45, 2.75) is 19.5 Å². The number of carbonyl (C=O) groups excluding carboxylic acids is 1. The summed E-state index contributed by atoms with van der Waals surface area (Å²) < 4.78 is 2.49. The Morgan fingerprint density at radius 3 is 2.90 bits per heavy atom. The van der Waals surface area contributed by atoms with Crippen molar-refractivity contribution in [3.05, 3.63) is 45.7 Å². The fraction of sp³-hybridized carbons (Fsp3) is 0.231. The summed E-state index contributed by atoms with van der Waals surface area (Å²) in [6.45, 7) is 2.71. The number of anilines is 1. The molecule has 1 heterocycles. The molecular weight excluding hydrogens is 344 g/mol. The number of benzene rings is 1. The maximum atomic E-state index is 11.6. The third-order valence-corrected chi connectivity index (χ3v) is 4.04. The quantitative estimate of drug-likeness (QED) is 0.864. The lowest BCUT2D eigenvalue weighted by molar-refractivity contribution is -0.118. The SMILES string of the molecule is CCn1cc(C(Nc2ccc(Cl)c(Br)c2)C(N)=O)cn1. The topological polar surface area (TPSA) is 72.9 Å². The Balaban J connectivity index is 2.25. The maximum Gasteiger partial charge on any atom is 0.244 e. The van der Waals surface area contributed by atoms with Crippen LogP contribution in [0.25, 0.3) is 0 Å². The second-order valence-corrected chi connectivity index (χ2v) is 5.50. The van der Waals surface area contributed by atoms with Gasteiger partial charge in [0.1, 0.15) is 6.04 Å². The number of nitrogens with two attached hydrogens (primary N) is 1. The van der Waals surface area contributed by atoms with Gasteiger partial charge >= 0.3 is 0 Å². The smallest absolute Gasteiger partial charge is 0.244 e. The van der Waals surface area contributed by atoms with Gasteiger partial charge in [0.25, 0.3) is 0 Å². The highest BCUT2D eigenvalue weighted by Gasteiger charge is 2.19. The third kappa shape index (κ3) is 3.32. The van der Waals surface area contributed by atoms with Crippen LogP contribution in [-0.2, 0) is 11.3 Å². The molecule has 2 aromatic rings. The molecule has 0 aliphatic rings. The van der Waals surface area contributed by atoms with Crippen molar-refractivity contribution in [2.24, 2.45) is 5.73 Å². The summed E-state index contributed by atoms with van der Waals surface area (Å²) >= 11 is 9.28. The number of aryl methyl sites for hydroxylation is 1. The molecule has 2 rings (SSSR count). The van der Waals surface area contributed by atoms with Crippen molar-refractivity contribution in [3.63, 3.8) is 0 Å². The molecule has 0 aliphatic heterocycles. The van der Waals surface area contributed by atoms with Crippen LogP contribution in [0.15, 0.2) is 35.1 Å². The van der Waals surface area contributed by atoms with Gasteiger partial charge in [-0.3, -0.25) is 9.48 Å². The van der Waals surface area contributed by atoms with Gasteiger partial charge in [0.05, 0.1) is 11.2 Å². The second kappa shape index (κ2) is 6.28. The first-order valence-corrected chi connectivity index (χ1v) is 7.21. The van der Waals surface area contributed by atoms with Gasteiger partial charge < -0.3 is 11.1 Å². The summed E-state index contributed by atoms with van der Waals surface area (Å²) in [6, 6.07) is 4.68. The minimum atomic E-state index is -0.636. The number of nitrogens with one attached hydrogen (secondary N) is 1. The lowest BCUT2D eigenvalue weighted by Gasteiger charge is -2.15. The molecule has 0 saturated carbocycles. The largest absolute Gasteiger partial charge is 0.370 e. The van der Waals surface area contributed by atoms with Crippen molar-refractivity contribution < 1.29 is 4.79 Å². The predicted molar refractivity (Wildman–Crippen MR) is 82.6 cm³/mol. The molecule has 0 spiro atoms. The lowest BCUT2D eigenvalue weighted by atomic mass is 10.1. The lowest BCUT2D eigenvalue weighted by Crippen LogP contribution is -2.27. The van der Waals surface area contributed by atoms with Gasteiger partial charge in [-0.05, 0) is 41.1 Å². The van der Waals surface area contributed by atoms with Crippen LogP contribution in [0.3, 0.4) is 0 Å². The number of nitrogens with zero attached hydrogens (tertiary/aromatic N) is 2. The van der Waals surface area contributed by atoms with Crippen LogP contribution >= 0.6 is 27.5 Å². The number of hydrogen-bond acceptors (Lipinski definition) is 3. The van der Waals surface area contributed by atoms with Crippen LogP contribution < -0.4 is 11.1 Å². The van der Waals surface area contributed by atoms with E-state index in [-0.39, 0.29) is 0 Å². The van der Waals surface area contributed by atoms with Crippen LogP contribution in [0.5, 0.6) is 0 Å². The number of aromatic nitrogens is 2. The van der Waals surface area contributed by atoms with Crippen molar-refractivity contribution in [1.29, 1.82) is 0 Å². The Morgan fingerprint density at radius 2 is 2.35 bits per heavy atom. The second-order valence-electron chi connectivity index (χ2n) is 4.24. The molecule has 1 aromatic heterocycles. The Kier molecular flexibility index (Phi) is 4.67. The molecule has 0 saturated heterocycles. The first kappa shape index (κ1) is 14.9. The number of rotatable bonds is 5. The van der Waals surface area contributed by atoms with E-state index in [0.717, 1.165) is 22.3 Å². The summed E-state index contributed by atoms with van der Waals surface area (Å²) in [5, 5.41) is 7.84. The van der Waals surface area contributed by atoms with Crippen LogP contribution in [0.2, 0.25) is 5.02 Å². The molecule has 1 unspecified atom stereocenters. The monoisotopic (exact) mass is 356 g/mol. The molecule has 0 bridgehead atoms. The predicted octanol–water partition coefficient (Wildman–Crippen LogP) is 2.96. The number of halogens is 2. The average Bonchev–Trinajstić information content (AvgIpc) is 2.88. The van der Waals surface area contributed by atoms with E-state index in [1.807, 2.05) is 6.92 Å². The highest BCUT2D eigenvalue weighted by atomic mass is 79.9. The summed E-state index contributed by atoms with van der Waals surface area (Å²) in [5.74, 6) is -0.466. The number of primary amides is 1. The van der Waals surface area contributed by atoms with Crippen LogP contribution in [0.1, 0.15) is 18.5 Å². The molecule has 0 fully saturated rings. The minimum absolute atomic E-state index is 0.466. The average molecular weight is 358 g/mol. The Hall–Kier alpha value is -1.53. The number of hydrogen-bond donors (Lipinski definition) is 2. The zero-order valence-electron chi connectivity index (χ0n) is 10.8. The normalized spacial score (nSPS) is 12.2. The highest BCUT2D eigenvalue weighted by Crippen LogP contribution is 2.27. The Morgan fingerprint density at radius 1 is 1.60 bits per heavy atom. The highest BCUT2D eigenvalue weighted by molar-refractivity contribution is 9.10. The first-order chi connectivity index (χ1) is 9.51. The van der Waals surface area contributed by atoms with Gasteiger partial charge in [-0.15, -0.1) is 0 Å².